The highest BCUT2D eigenvalue weighted by Gasteiger charge is 2.40. The fourth-order valence-electron chi connectivity index (χ4n) is 7.41. The van der Waals surface area contributed by atoms with E-state index in [0.717, 1.165) is 4.90 Å². The molecule has 1 aromatic carbocycles. The number of likely N-dealkylation sites (tertiary alicyclic amines) is 2. The number of nitrogens with two attached hydrogens (primary N) is 4. The first-order valence-electron chi connectivity index (χ1n) is 20.9. The third-order valence-electron chi connectivity index (χ3n) is 10.6. The molecule has 15 N–H and O–H groups in total. The van der Waals surface area contributed by atoms with Crippen LogP contribution < -0.4 is 49.5 Å². The molecule has 0 radical (unpaired) electrons. The molecule has 2 fully saturated rings. The molecule has 0 aromatic heterocycles. The van der Waals surface area contributed by atoms with Gasteiger partial charge in [-0.25, -0.2) is 4.79 Å². The Morgan fingerprint density at radius 2 is 1.27 bits per heavy atom. The topological polar surface area (TPSA) is 399 Å². The second-order valence-electron chi connectivity index (χ2n) is 15.6. The van der Waals surface area contributed by atoms with E-state index < -0.39 is 133 Å². The number of rotatable bonds is 26. The first-order valence-corrected chi connectivity index (χ1v) is 20.9. The molecule has 7 atom stereocenters. The fourth-order valence-corrected chi connectivity index (χ4v) is 7.41. The Bertz CT molecular complexity index is 1880. The van der Waals surface area contributed by atoms with Gasteiger partial charge in [0, 0.05) is 25.9 Å². The number of carbonyl (C=O) groups excluding carboxylic acids is 9. The average Bonchev–Trinajstić information content (AvgIpc) is 3.94. The lowest BCUT2D eigenvalue weighted by molar-refractivity contribution is -0.150. The van der Waals surface area contributed by atoms with E-state index in [4.69, 9.17) is 22.9 Å². The number of carbonyl (C=O) groups is 11. The number of benzene rings is 1. The minimum Gasteiger partial charge on any atom is -0.481 e. The van der Waals surface area contributed by atoms with E-state index in [1.54, 1.807) is 30.3 Å². The highest BCUT2D eigenvalue weighted by Crippen LogP contribution is 2.21. The molecule has 24 heteroatoms. The van der Waals surface area contributed by atoms with Crippen LogP contribution in [0.25, 0.3) is 0 Å². The summed E-state index contributed by atoms with van der Waals surface area (Å²) in [5.74, 6) is -10.5. The van der Waals surface area contributed by atoms with Crippen LogP contribution in [0.2, 0.25) is 0 Å². The van der Waals surface area contributed by atoms with Crippen molar-refractivity contribution in [1.29, 1.82) is 0 Å². The minimum atomic E-state index is -1.72. The largest absolute Gasteiger partial charge is 0.481 e. The molecule has 3 rings (SSSR count). The average molecular weight is 902 g/mol. The highest BCUT2D eigenvalue weighted by molar-refractivity contribution is 5.98. The quantitative estimate of drug-likeness (QED) is 0.0390. The molecule has 64 heavy (non-hydrogen) atoms. The second-order valence-corrected chi connectivity index (χ2v) is 15.6. The van der Waals surface area contributed by atoms with Gasteiger partial charge in [0.05, 0.1) is 25.4 Å². The van der Waals surface area contributed by atoms with E-state index >= 15 is 0 Å². The van der Waals surface area contributed by atoms with E-state index in [1.165, 1.54) is 4.90 Å². The molecule has 0 aliphatic carbocycles. The molecule has 2 aliphatic rings. The molecule has 2 aliphatic heterocycles. The van der Waals surface area contributed by atoms with Gasteiger partial charge in [0.15, 0.2) is 0 Å². The van der Waals surface area contributed by atoms with Crippen molar-refractivity contribution in [3.05, 3.63) is 35.9 Å². The number of carboxylic acid groups (broad SMARTS) is 2. The SMILES string of the molecule is NCCCC[C@H](NC(=O)[C@@H]1CCCN1C(=O)[C@@H](N)CC(N)=O)C(=O)NCC(=O)N[C@@H](CCC(N)=O)C(=O)N[C@@H](Cc1ccccc1)C(=O)N[C@@H](CC(=O)O)C(=O)N1CCC[C@H]1C(=O)O. The fraction of sp³-hybridized carbons (Fsp3) is 0.575. The van der Waals surface area contributed by atoms with Crippen LogP contribution in [-0.2, 0) is 59.2 Å². The van der Waals surface area contributed by atoms with Gasteiger partial charge >= 0.3 is 11.9 Å². The standard InChI is InChI=1S/C40H59N11O13/c41-15-5-4-10-24(47-37(60)28-11-6-16-50(28)38(61)23(42)19-31(44)53)34(57)45-21-32(54)46-25(13-14-30(43)52)35(58)48-26(18-22-8-2-1-3-9-22)36(59)49-27(20-33(55)56)39(62)51-17-7-12-29(51)40(63)64/h1-3,8-9,23-29H,4-7,10-21,41-42H2,(H2,43,52)(H2,44,53)(H,45,57)(H,46,54)(H,47,60)(H,48,58)(H,49,59)(H,55,56)(H,63,64)/t23-,24-,25-,26-,27-,28-,29-/m0/s1. The highest BCUT2D eigenvalue weighted by atomic mass is 16.4. The molecule has 2 heterocycles. The third-order valence-corrected chi connectivity index (χ3v) is 10.6. The predicted molar refractivity (Wildman–Crippen MR) is 223 cm³/mol. The summed E-state index contributed by atoms with van der Waals surface area (Å²) < 4.78 is 0. The summed E-state index contributed by atoms with van der Waals surface area (Å²) in [5, 5.41) is 31.4. The molecule has 9 amide bonds. The van der Waals surface area contributed by atoms with Gasteiger partial charge in [0.2, 0.25) is 53.2 Å². The van der Waals surface area contributed by atoms with Crippen LogP contribution in [0.1, 0.15) is 76.2 Å². The van der Waals surface area contributed by atoms with Crippen LogP contribution in [0.3, 0.4) is 0 Å². The number of primary amides is 2. The summed E-state index contributed by atoms with van der Waals surface area (Å²) in [7, 11) is 0. The lowest BCUT2D eigenvalue weighted by atomic mass is 10.0. The van der Waals surface area contributed by atoms with Crippen molar-refractivity contribution < 1.29 is 63.0 Å². The Kier molecular flexibility index (Phi) is 20.5. The van der Waals surface area contributed by atoms with Gasteiger partial charge in [-0.05, 0) is 63.5 Å². The van der Waals surface area contributed by atoms with Crippen molar-refractivity contribution >= 4 is 65.1 Å². The molecule has 1 aromatic rings. The maximum Gasteiger partial charge on any atom is 0.326 e. The summed E-state index contributed by atoms with van der Waals surface area (Å²) >= 11 is 0. The smallest absolute Gasteiger partial charge is 0.326 e. The van der Waals surface area contributed by atoms with Gasteiger partial charge in [-0.2, -0.15) is 0 Å². The summed E-state index contributed by atoms with van der Waals surface area (Å²) in [5.41, 5.74) is 22.5. The molecule has 0 spiro atoms. The summed E-state index contributed by atoms with van der Waals surface area (Å²) in [4.78, 5) is 143. The number of nitrogens with zero attached hydrogens (tertiary/aromatic N) is 2. The number of hydrogen-bond acceptors (Lipinski definition) is 13. The number of carboxylic acids is 2. The van der Waals surface area contributed by atoms with Crippen molar-refractivity contribution in [3.8, 4) is 0 Å². The monoisotopic (exact) mass is 901 g/mol. The molecule has 352 valence electrons. The molecule has 0 saturated carbocycles. The van der Waals surface area contributed by atoms with Crippen LogP contribution in [0, 0.1) is 0 Å². The molecule has 2 saturated heterocycles. The number of nitrogens with one attached hydrogen (secondary N) is 5. The zero-order valence-electron chi connectivity index (χ0n) is 35.3. The van der Waals surface area contributed by atoms with E-state index in [-0.39, 0.29) is 51.7 Å². The Morgan fingerprint density at radius 1 is 0.672 bits per heavy atom. The Hall–Kier alpha value is -6.69. The van der Waals surface area contributed by atoms with Crippen molar-refractivity contribution in [1.82, 2.24) is 36.4 Å². The van der Waals surface area contributed by atoms with Gasteiger partial charge in [-0.15, -0.1) is 0 Å². The Labute approximate surface area is 368 Å². The molecule has 0 bridgehead atoms. The first-order chi connectivity index (χ1) is 30.3. The Morgan fingerprint density at radius 3 is 1.86 bits per heavy atom. The van der Waals surface area contributed by atoms with Crippen LogP contribution in [0.15, 0.2) is 30.3 Å². The summed E-state index contributed by atoms with van der Waals surface area (Å²) in [6.45, 7) is -0.272. The predicted octanol–water partition coefficient (Wildman–Crippen LogP) is -4.58. The van der Waals surface area contributed by atoms with Crippen molar-refractivity contribution in [2.45, 2.75) is 119 Å². The second kappa shape index (κ2) is 25.4. The number of hydrogen-bond donors (Lipinski definition) is 11. The lowest BCUT2D eigenvalue weighted by Crippen LogP contribution is -2.59. The summed E-state index contributed by atoms with van der Waals surface area (Å²) in [6, 6.07) is -1.23. The number of amides is 9. The van der Waals surface area contributed by atoms with Gasteiger partial charge in [-0.3, -0.25) is 47.9 Å². The molecule has 24 nitrogen and oxygen atoms in total. The third kappa shape index (κ3) is 16.2. The maximum absolute atomic E-state index is 13.8. The van der Waals surface area contributed by atoms with E-state index in [0.29, 0.717) is 31.2 Å². The summed E-state index contributed by atoms with van der Waals surface area (Å²) in [6.07, 6.45) is -0.240. The van der Waals surface area contributed by atoms with Crippen LogP contribution in [0.5, 0.6) is 0 Å². The van der Waals surface area contributed by atoms with Gasteiger partial charge in [0.1, 0.15) is 36.3 Å². The molecular formula is C40H59N11O13. The van der Waals surface area contributed by atoms with Gasteiger partial charge < -0.3 is 69.5 Å². The zero-order chi connectivity index (χ0) is 47.5. The van der Waals surface area contributed by atoms with Crippen molar-refractivity contribution in [2.75, 3.05) is 26.2 Å². The van der Waals surface area contributed by atoms with E-state index in [2.05, 4.69) is 26.6 Å². The molecular weight excluding hydrogens is 843 g/mol. The number of aliphatic carboxylic acids is 2. The van der Waals surface area contributed by atoms with E-state index in [1.807, 2.05) is 0 Å². The minimum absolute atomic E-state index is 0.00893. The van der Waals surface area contributed by atoms with Gasteiger partial charge in [0.25, 0.3) is 0 Å². The van der Waals surface area contributed by atoms with Crippen molar-refractivity contribution in [3.63, 3.8) is 0 Å². The Balaban J connectivity index is 1.76. The first kappa shape index (κ1) is 51.7. The maximum atomic E-state index is 13.8. The van der Waals surface area contributed by atoms with Crippen molar-refractivity contribution in [2.24, 2.45) is 22.9 Å². The molecule has 0 unspecified atom stereocenters. The normalized spacial score (nSPS) is 18.0. The van der Waals surface area contributed by atoms with Crippen LogP contribution in [-0.4, -0.2) is 154 Å². The van der Waals surface area contributed by atoms with Crippen LogP contribution >= 0.6 is 0 Å². The number of unbranched alkanes of at least 4 members (excludes halogenated alkanes) is 1. The van der Waals surface area contributed by atoms with E-state index in [9.17, 15) is 63.0 Å². The van der Waals surface area contributed by atoms with Gasteiger partial charge in [-0.1, -0.05) is 30.3 Å². The lowest BCUT2D eigenvalue weighted by Gasteiger charge is -2.28. The zero-order valence-corrected chi connectivity index (χ0v) is 35.3. The van der Waals surface area contributed by atoms with Crippen LogP contribution in [0.4, 0.5) is 0 Å².